The van der Waals surface area contributed by atoms with Crippen LogP contribution in [0.25, 0.3) is 0 Å². The second-order valence-corrected chi connectivity index (χ2v) is 7.33. The summed E-state index contributed by atoms with van der Waals surface area (Å²) in [4.78, 5) is 0. The summed E-state index contributed by atoms with van der Waals surface area (Å²) in [5, 5.41) is 3.67. The van der Waals surface area contributed by atoms with E-state index in [0.29, 0.717) is 6.04 Å². The molecule has 1 saturated carbocycles. The van der Waals surface area contributed by atoms with E-state index in [1.807, 2.05) is 6.07 Å². The molecule has 1 aromatic carbocycles. The van der Waals surface area contributed by atoms with Gasteiger partial charge in [0.1, 0.15) is 5.75 Å². The van der Waals surface area contributed by atoms with Gasteiger partial charge >= 0.3 is 0 Å². The Hall–Kier alpha value is -0.220. The van der Waals surface area contributed by atoms with Crippen molar-refractivity contribution in [3.05, 3.63) is 21.1 Å². The molecule has 0 aliphatic heterocycles. The van der Waals surface area contributed by atoms with Crippen LogP contribution < -0.4 is 10.1 Å². The van der Waals surface area contributed by atoms with Crippen LogP contribution in [-0.4, -0.2) is 13.2 Å². The van der Waals surface area contributed by atoms with Crippen LogP contribution in [0.1, 0.15) is 45.4 Å². The molecular formula is C16H23Br2NO. The summed E-state index contributed by atoms with van der Waals surface area (Å²) in [7, 11) is 1.70. The quantitative estimate of drug-likeness (QED) is 0.650. The lowest BCUT2D eigenvalue weighted by Gasteiger charge is -2.30. The number of benzene rings is 1. The minimum atomic E-state index is 0.588. The molecular weight excluding hydrogens is 382 g/mol. The average Bonchev–Trinajstić information content (AvgIpc) is 2.44. The number of nitrogens with one attached hydrogen (secondary N) is 1. The van der Waals surface area contributed by atoms with E-state index in [4.69, 9.17) is 4.74 Å². The molecule has 0 aromatic heterocycles. The minimum absolute atomic E-state index is 0.588. The van der Waals surface area contributed by atoms with E-state index < -0.39 is 0 Å². The van der Waals surface area contributed by atoms with Crippen molar-refractivity contribution in [3.63, 3.8) is 0 Å². The zero-order valence-electron chi connectivity index (χ0n) is 12.2. The third-order valence-corrected chi connectivity index (χ3v) is 5.42. The van der Waals surface area contributed by atoms with Crippen LogP contribution in [0.5, 0.6) is 5.75 Å². The Morgan fingerprint density at radius 1 is 1.15 bits per heavy atom. The van der Waals surface area contributed by atoms with Gasteiger partial charge in [0.25, 0.3) is 0 Å². The Morgan fingerprint density at radius 3 is 2.45 bits per heavy atom. The molecule has 0 bridgehead atoms. The number of hydrogen-bond acceptors (Lipinski definition) is 2. The third kappa shape index (κ3) is 4.14. The molecule has 2 nitrogen and oxygen atoms in total. The number of rotatable bonds is 5. The molecule has 0 amide bonds. The molecule has 2 rings (SSSR count). The maximum Gasteiger partial charge on any atom is 0.135 e. The van der Waals surface area contributed by atoms with Crippen LogP contribution in [0.4, 0.5) is 5.69 Å². The summed E-state index contributed by atoms with van der Waals surface area (Å²) < 4.78 is 7.43. The SMILES string of the molecule is CCCC1CCC(Nc2cc(OC)c(Br)cc2Br)CC1. The normalized spacial score (nSPS) is 22.6. The molecule has 0 heterocycles. The fraction of sp³-hybridized carbons (Fsp3) is 0.625. The van der Waals surface area contributed by atoms with Gasteiger partial charge in [0.2, 0.25) is 0 Å². The number of methoxy groups -OCH3 is 1. The molecule has 4 heteroatoms. The zero-order valence-corrected chi connectivity index (χ0v) is 15.4. The topological polar surface area (TPSA) is 21.3 Å². The lowest BCUT2D eigenvalue weighted by molar-refractivity contribution is 0.319. The maximum absolute atomic E-state index is 5.37. The number of hydrogen-bond donors (Lipinski definition) is 1. The van der Waals surface area contributed by atoms with E-state index in [1.54, 1.807) is 7.11 Å². The Labute approximate surface area is 138 Å². The van der Waals surface area contributed by atoms with E-state index in [2.05, 4.69) is 50.2 Å². The Morgan fingerprint density at radius 2 is 1.85 bits per heavy atom. The second-order valence-electron chi connectivity index (χ2n) is 5.62. The molecule has 1 aliphatic rings. The molecule has 20 heavy (non-hydrogen) atoms. The van der Waals surface area contributed by atoms with E-state index in [9.17, 15) is 0 Å². The summed E-state index contributed by atoms with van der Waals surface area (Å²) in [6.07, 6.45) is 7.97. The second kappa shape index (κ2) is 7.69. The molecule has 1 aliphatic carbocycles. The van der Waals surface area contributed by atoms with Gasteiger partial charge in [-0.05, 0) is 69.5 Å². The van der Waals surface area contributed by atoms with Gasteiger partial charge in [-0.25, -0.2) is 0 Å². The molecule has 0 saturated heterocycles. The smallest absolute Gasteiger partial charge is 0.135 e. The number of anilines is 1. The van der Waals surface area contributed by atoms with Crippen molar-refractivity contribution in [3.8, 4) is 5.75 Å². The summed E-state index contributed by atoms with van der Waals surface area (Å²) in [6.45, 7) is 2.29. The summed E-state index contributed by atoms with van der Waals surface area (Å²) in [5.41, 5.74) is 1.13. The van der Waals surface area contributed by atoms with Crippen LogP contribution in [0.3, 0.4) is 0 Å². The van der Waals surface area contributed by atoms with Gasteiger partial charge in [-0.15, -0.1) is 0 Å². The van der Waals surface area contributed by atoms with Gasteiger partial charge < -0.3 is 10.1 Å². The number of halogens is 2. The molecule has 0 unspecified atom stereocenters. The van der Waals surface area contributed by atoms with Gasteiger partial charge in [-0.1, -0.05) is 19.8 Å². The first kappa shape index (κ1) is 16.2. The molecule has 0 spiro atoms. The highest BCUT2D eigenvalue weighted by Gasteiger charge is 2.21. The fourth-order valence-corrected chi connectivity index (χ4v) is 4.29. The van der Waals surface area contributed by atoms with Crippen molar-refractivity contribution >= 4 is 37.5 Å². The molecule has 0 radical (unpaired) electrons. The molecule has 1 aromatic rings. The summed E-state index contributed by atoms with van der Waals surface area (Å²) in [6, 6.07) is 4.70. The van der Waals surface area contributed by atoms with Gasteiger partial charge in [0.15, 0.2) is 0 Å². The first-order chi connectivity index (χ1) is 9.63. The lowest BCUT2D eigenvalue weighted by atomic mass is 9.83. The van der Waals surface area contributed by atoms with Crippen LogP contribution in [0.15, 0.2) is 21.1 Å². The highest BCUT2D eigenvalue weighted by Crippen LogP contribution is 2.36. The predicted octanol–water partition coefficient (Wildman–Crippen LogP) is 5.99. The van der Waals surface area contributed by atoms with Crippen LogP contribution >= 0.6 is 31.9 Å². The predicted molar refractivity (Wildman–Crippen MR) is 92.7 cm³/mol. The molecule has 1 fully saturated rings. The third-order valence-electron chi connectivity index (χ3n) is 4.14. The van der Waals surface area contributed by atoms with Crippen LogP contribution in [-0.2, 0) is 0 Å². The Bertz CT molecular complexity index is 442. The zero-order chi connectivity index (χ0) is 14.5. The molecule has 1 N–H and O–H groups in total. The monoisotopic (exact) mass is 403 g/mol. The Kier molecular flexibility index (Phi) is 6.21. The van der Waals surface area contributed by atoms with E-state index in [1.165, 1.54) is 38.5 Å². The standard InChI is InChI=1S/C16H23Br2NO/c1-3-4-11-5-7-12(8-6-11)19-15-10-16(20-2)14(18)9-13(15)17/h9-12,19H,3-8H2,1-2H3. The van der Waals surface area contributed by atoms with E-state index in [0.717, 1.165) is 26.3 Å². The van der Waals surface area contributed by atoms with Gasteiger partial charge in [-0.3, -0.25) is 0 Å². The van der Waals surface area contributed by atoms with Crippen molar-refractivity contribution in [2.45, 2.75) is 51.5 Å². The van der Waals surface area contributed by atoms with Crippen molar-refractivity contribution in [1.82, 2.24) is 0 Å². The highest BCUT2D eigenvalue weighted by molar-refractivity contribution is 9.11. The largest absolute Gasteiger partial charge is 0.495 e. The summed E-state index contributed by atoms with van der Waals surface area (Å²) >= 11 is 7.13. The molecule has 0 atom stereocenters. The van der Waals surface area contributed by atoms with E-state index >= 15 is 0 Å². The van der Waals surface area contributed by atoms with Gasteiger partial charge in [0, 0.05) is 16.6 Å². The highest BCUT2D eigenvalue weighted by atomic mass is 79.9. The van der Waals surface area contributed by atoms with Crippen molar-refractivity contribution < 1.29 is 4.74 Å². The molecule has 112 valence electrons. The van der Waals surface area contributed by atoms with Gasteiger partial charge in [0.05, 0.1) is 17.3 Å². The van der Waals surface area contributed by atoms with Crippen LogP contribution in [0.2, 0.25) is 0 Å². The minimum Gasteiger partial charge on any atom is -0.495 e. The van der Waals surface area contributed by atoms with Crippen LogP contribution in [0, 0.1) is 5.92 Å². The van der Waals surface area contributed by atoms with Crippen molar-refractivity contribution in [1.29, 1.82) is 0 Å². The Balaban J connectivity index is 1.97. The number of ether oxygens (including phenoxy) is 1. The van der Waals surface area contributed by atoms with E-state index in [-0.39, 0.29) is 0 Å². The first-order valence-corrected chi connectivity index (χ1v) is 9.02. The van der Waals surface area contributed by atoms with Crippen molar-refractivity contribution in [2.75, 3.05) is 12.4 Å². The summed E-state index contributed by atoms with van der Waals surface area (Å²) in [5.74, 6) is 1.82. The van der Waals surface area contributed by atoms with Crippen molar-refractivity contribution in [2.24, 2.45) is 5.92 Å². The van der Waals surface area contributed by atoms with Gasteiger partial charge in [-0.2, -0.15) is 0 Å². The first-order valence-electron chi connectivity index (χ1n) is 7.43. The maximum atomic E-state index is 5.37. The fourth-order valence-electron chi connectivity index (χ4n) is 3.02. The average molecular weight is 405 g/mol. The lowest BCUT2D eigenvalue weighted by Crippen LogP contribution is -2.26.